The maximum absolute atomic E-state index is 9.36. The first-order chi connectivity index (χ1) is 27.8. The van der Waals surface area contributed by atoms with Gasteiger partial charge in [-0.1, -0.05) is 139 Å². The lowest BCUT2D eigenvalue weighted by atomic mass is 9.87. The molecule has 0 N–H and O–H groups in total. The van der Waals surface area contributed by atoms with Crippen LogP contribution in [-0.4, -0.2) is 9.97 Å². The lowest BCUT2D eigenvalue weighted by molar-refractivity contribution is 0.667. The smallest absolute Gasteiger partial charge is 0.251 e. The summed E-state index contributed by atoms with van der Waals surface area (Å²) in [5, 5.41) is 9.88. The Kier molecular flexibility index (Phi) is 4.77. The number of para-hydroxylation sites is 3. The Balaban J connectivity index is 1.38. The van der Waals surface area contributed by atoms with Gasteiger partial charge in [-0.25, -0.2) is 20.0 Å². The maximum atomic E-state index is 9.36. The van der Waals surface area contributed by atoms with Gasteiger partial charge in [0.2, 0.25) is 0 Å². The molecule has 0 fully saturated rings. The fourth-order valence-corrected chi connectivity index (χ4v) is 7.63. The highest BCUT2D eigenvalue weighted by Gasteiger charge is 2.38. The highest BCUT2D eigenvalue weighted by Crippen LogP contribution is 2.57. The number of hydrazine groups is 1. The number of anilines is 4. The molecule has 0 amide bonds. The van der Waals surface area contributed by atoms with Crippen molar-refractivity contribution < 1.29 is 12.6 Å². The van der Waals surface area contributed by atoms with Gasteiger partial charge in [-0.2, -0.15) is 0 Å². The zero-order valence-electron chi connectivity index (χ0n) is 32.9. The van der Waals surface area contributed by atoms with E-state index in [1.807, 2.05) is 84.9 Å². The van der Waals surface area contributed by atoms with Gasteiger partial charge in [-0.05, 0) is 51.8 Å². The second kappa shape index (κ2) is 10.8. The molecule has 10 aromatic rings. The van der Waals surface area contributed by atoms with Crippen LogP contribution in [0.4, 0.5) is 23.0 Å². The van der Waals surface area contributed by atoms with Gasteiger partial charge in [0, 0.05) is 32.8 Å². The topological polar surface area (TPSA) is 45.4 Å². The summed E-state index contributed by atoms with van der Waals surface area (Å²) in [7, 11) is 0. The molecule has 3 heterocycles. The van der Waals surface area contributed by atoms with Crippen LogP contribution in [0.3, 0.4) is 0 Å². The minimum absolute atomic E-state index is 0.0198. The van der Waals surface area contributed by atoms with Crippen LogP contribution in [0.25, 0.3) is 76.8 Å². The molecule has 8 aromatic carbocycles. The number of fused-ring (bicyclic) bond motifs is 13. The highest BCUT2D eigenvalue weighted by atomic mass is 16.3. The number of rotatable bonds is 3. The first-order valence-corrected chi connectivity index (χ1v) is 16.7. The standard InChI is InChI=1S/C46H28N4O/c1-3-16-30(17-4-1)43-35-23-11-13-25-37(35)47-46(48-43)50-44-42(34-22-10-9-21-33(34)40-36-24-12-14-26-39(36)51-45(40)44)41-32-20-8-7-15-29(32)27-28-38(41)49(50)31-18-5-2-6-19-31/h1-28H/i1D,2D,16D,17D,18D,19D. The van der Waals surface area contributed by atoms with Crippen LogP contribution in [0.2, 0.25) is 0 Å². The summed E-state index contributed by atoms with van der Waals surface area (Å²) in [4.78, 5) is 10.4. The first-order valence-electron chi connectivity index (χ1n) is 19.7. The number of hydrogen-bond donors (Lipinski definition) is 0. The first kappa shape index (κ1) is 22.6. The van der Waals surface area contributed by atoms with E-state index in [9.17, 15) is 2.74 Å². The van der Waals surface area contributed by atoms with Crippen molar-refractivity contribution in [1.82, 2.24) is 9.97 Å². The molecule has 51 heavy (non-hydrogen) atoms. The summed E-state index contributed by atoms with van der Waals surface area (Å²) in [5.41, 5.74) is 5.47. The van der Waals surface area contributed by atoms with Gasteiger partial charge < -0.3 is 4.42 Å². The quantitative estimate of drug-likeness (QED) is 0.189. The number of furan rings is 1. The largest absolute Gasteiger partial charge is 0.454 e. The van der Waals surface area contributed by atoms with E-state index in [4.69, 9.17) is 19.9 Å². The average Bonchev–Trinajstić information content (AvgIpc) is 3.60. The predicted molar refractivity (Wildman–Crippen MR) is 210 cm³/mol. The van der Waals surface area contributed by atoms with E-state index in [0.29, 0.717) is 39.1 Å². The summed E-state index contributed by atoms with van der Waals surface area (Å²) in [5.74, 6) is 0.142. The Bertz CT molecular complexity index is 3320. The molecule has 0 saturated heterocycles. The molecule has 5 nitrogen and oxygen atoms in total. The van der Waals surface area contributed by atoms with E-state index < -0.39 is 0 Å². The summed E-state index contributed by atoms with van der Waals surface area (Å²) in [6, 6.07) is 41.3. The average molecular weight is 659 g/mol. The molecule has 11 rings (SSSR count). The molecule has 0 saturated carbocycles. The number of hydrogen-bond acceptors (Lipinski definition) is 5. The van der Waals surface area contributed by atoms with Crippen LogP contribution in [-0.2, 0) is 0 Å². The van der Waals surface area contributed by atoms with E-state index in [1.54, 1.807) is 10.0 Å². The minimum atomic E-state index is -0.0457. The van der Waals surface area contributed by atoms with Crippen molar-refractivity contribution in [3.05, 3.63) is 170 Å². The van der Waals surface area contributed by atoms with Gasteiger partial charge in [0.1, 0.15) is 11.3 Å². The van der Waals surface area contributed by atoms with Crippen LogP contribution in [0.5, 0.6) is 0 Å². The Morgan fingerprint density at radius 3 is 2.02 bits per heavy atom. The third kappa shape index (κ3) is 4.03. The van der Waals surface area contributed by atoms with Gasteiger partial charge in [-0.3, -0.25) is 0 Å². The van der Waals surface area contributed by atoms with Crippen LogP contribution in [0.15, 0.2) is 174 Å². The van der Waals surface area contributed by atoms with Crippen molar-refractivity contribution in [3.8, 4) is 22.4 Å². The Morgan fingerprint density at radius 2 is 1.20 bits per heavy atom. The van der Waals surface area contributed by atoms with Gasteiger partial charge in [0.15, 0.2) is 5.58 Å². The highest BCUT2D eigenvalue weighted by molar-refractivity contribution is 6.30. The van der Waals surface area contributed by atoms with Crippen molar-refractivity contribution in [1.29, 1.82) is 0 Å². The predicted octanol–water partition coefficient (Wildman–Crippen LogP) is 12.4. The van der Waals surface area contributed by atoms with E-state index in [0.717, 1.165) is 43.4 Å². The zero-order valence-corrected chi connectivity index (χ0v) is 26.9. The molecule has 0 aliphatic carbocycles. The van der Waals surface area contributed by atoms with Gasteiger partial charge in [-0.15, -0.1) is 0 Å². The lowest BCUT2D eigenvalue weighted by Crippen LogP contribution is -2.40. The number of aromatic nitrogens is 2. The van der Waals surface area contributed by atoms with Crippen molar-refractivity contribution in [3.63, 3.8) is 0 Å². The van der Waals surface area contributed by atoms with E-state index in [2.05, 4.69) is 24.3 Å². The molecule has 0 bridgehead atoms. The fourth-order valence-electron chi connectivity index (χ4n) is 7.63. The van der Waals surface area contributed by atoms with Crippen molar-refractivity contribution in [2.45, 2.75) is 0 Å². The summed E-state index contributed by atoms with van der Waals surface area (Å²) in [6.45, 7) is 0. The summed E-state index contributed by atoms with van der Waals surface area (Å²) in [6.07, 6.45) is 0. The molecule has 1 aliphatic heterocycles. The minimum Gasteiger partial charge on any atom is -0.454 e. The van der Waals surface area contributed by atoms with Crippen LogP contribution in [0.1, 0.15) is 8.22 Å². The van der Waals surface area contributed by atoms with Gasteiger partial charge >= 0.3 is 0 Å². The van der Waals surface area contributed by atoms with Crippen LogP contribution in [0, 0.1) is 0 Å². The zero-order chi connectivity index (χ0) is 38.7. The Labute approximate surface area is 301 Å². The molecular weight excluding hydrogens is 625 g/mol. The molecule has 5 heteroatoms. The molecule has 0 spiro atoms. The van der Waals surface area contributed by atoms with Crippen molar-refractivity contribution >= 4 is 77.4 Å². The molecule has 1 aliphatic rings. The van der Waals surface area contributed by atoms with E-state index in [1.165, 1.54) is 24.3 Å². The summed E-state index contributed by atoms with van der Waals surface area (Å²) >= 11 is 0. The third-order valence-electron chi connectivity index (χ3n) is 9.72. The second-order valence-electron chi connectivity index (χ2n) is 12.5. The monoisotopic (exact) mass is 658 g/mol. The lowest BCUT2D eigenvalue weighted by Gasteiger charge is -2.43. The number of benzene rings is 8. The van der Waals surface area contributed by atoms with E-state index >= 15 is 0 Å². The normalized spacial score (nSPS) is 14.3. The molecule has 238 valence electrons. The Morgan fingerprint density at radius 1 is 0.529 bits per heavy atom. The molecular formula is C46H28N4O. The number of nitrogens with zero attached hydrogens (tertiary/aromatic N) is 4. The molecule has 0 radical (unpaired) electrons. The van der Waals surface area contributed by atoms with Crippen LogP contribution >= 0.6 is 0 Å². The molecule has 0 unspecified atom stereocenters. The van der Waals surface area contributed by atoms with E-state index in [-0.39, 0.29) is 53.5 Å². The third-order valence-corrected chi connectivity index (χ3v) is 9.72. The van der Waals surface area contributed by atoms with Crippen molar-refractivity contribution in [2.75, 3.05) is 10.0 Å². The van der Waals surface area contributed by atoms with Gasteiger partial charge in [0.25, 0.3) is 5.95 Å². The van der Waals surface area contributed by atoms with Crippen molar-refractivity contribution in [2.24, 2.45) is 0 Å². The molecule has 0 atom stereocenters. The Hall–Kier alpha value is -6.98. The molecule has 2 aromatic heterocycles. The second-order valence-corrected chi connectivity index (χ2v) is 12.5. The summed E-state index contributed by atoms with van der Waals surface area (Å²) < 4.78 is 60.3. The maximum Gasteiger partial charge on any atom is 0.251 e. The van der Waals surface area contributed by atoms with Crippen LogP contribution < -0.4 is 10.0 Å². The SMILES string of the molecule is [2H]c1cc([2H])c(-c2nc(N3c4c(c5ccccc5c5c4oc4ccccc45)-c4c(ccc5ccccc45)N3c3c([2H])cc([2H])cc3[2H])nc3ccccc23)c([2H])c1. The fraction of sp³-hybridized carbons (Fsp3) is 0. The van der Waals surface area contributed by atoms with Gasteiger partial charge in [0.05, 0.1) is 30.8 Å².